The van der Waals surface area contributed by atoms with Crippen LogP contribution in [0.25, 0.3) is 0 Å². The second-order valence-electron chi connectivity index (χ2n) is 6.92. The topological polar surface area (TPSA) is 53.4 Å². The van der Waals surface area contributed by atoms with Crippen molar-refractivity contribution in [2.75, 3.05) is 38.0 Å². The first-order valence-electron chi connectivity index (χ1n) is 9.22. The van der Waals surface area contributed by atoms with E-state index in [1.807, 2.05) is 12.1 Å². The monoisotopic (exact) mass is 395 g/mol. The molecule has 1 fully saturated rings. The minimum atomic E-state index is -4.68. The van der Waals surface area contributed by atoms with Crippen molar-refractivity contribution < 1.29 is 18.0 Å². The van der Waals surface area contributed by atoms with Gasteiger partial charge in [-0.1, -0.05) is 19.1 Å². The zero-order valence-corrected chi connectivity index (χ0v) is 16.0. The number of halogens is 3. The first-order valence-corrected chi connectivity index (χ1v) is 9.22. The van der Waals surface area contributed by atoms with Crippen LogP contribution >= 0.6 is 0 Å². The number of carbonyl (C=O) groups is 1. The molecular weight excluding hydrogens is 371 g/mol. The summed E-state index contributed by atoms with van der Waals surface area (Å²) in [5.74, 6) is -0.830. The lowest BCUT2D eigenvalue weighted by Gasteiger charge is -2.34. The molecule has 1 aromatic heterocycles. The number of likely N-dealkylation sites (N-methyl/N-ethyl adjacent to an activating group) is 1. The van der Waals surface area contributed by atoms with Gasteiger partial charge >= 0.3 is 6.18 Å². The van der Waals surface area contributed by atoms with Gasteiger partial charge < -0.3 is 10.2 Å². The fraction of sp³-hybridized carbons (Fsp3) is 0.474. The van der Waals surface area contributed by atoms with Crippen LogP contribution in [-0.4, -0.2) is 58.2 Å². The molecule has 1 N–H and O–H groups in total. The molecule has 1 saturated heterocycles. The van der Waals surface area contributed by atoms with Crippen molar-refractivity contribution in [2.45, 2.75) is 19.6 Å². The lowest BCUT2D eigenvalue weighted by molar-refractivity contribution is -0.141. The van der Waals surface area contributed by atoms with Crippen molar-refractivity contribution in [1.82, 2.24) is 19.6 Å². The maximum Gasteiger partial charge on any atom is 0.435 e. The van der Waals surface area contributed by atoms with Gasteiger partial charge in [0.2, 0.25) is 0 Å². The Balaban J connectivity index is 1.61. The van der Waals surface area contributed by atoms with Gasteiger partial charge in [0.25, 0.3) is 5.91 Å². The van der Waals surface area contributed by atoms with E-state index in [0.717, 1.165) is 55.7 Å². The Morgan fingerprint density at radius 1 is 1.11 bits per heavy atom. The summed E-state index contributed by atoms with van der Waals surface area (Å²) in [7, 11) is 1.35. The van der Waals surface area contributed by atoms with Gasteiger partial charge in [-0.25, -0.2) is 0 Å². The highest BCUT2D eigenvalue weighted by Gasteiger charge is 2.39. The van der Waals surface area contributed by atoms with Crippen LogP contribution in [0.5, 0.6) is 0 Å². The van der Waals surface area contributed by atoms with Crippen molar-refractivity contribution in [2.24, 2.45) is 7.05 Å². The highest BCUT2D eigenvalue weighted by atomic mass is 19.4. The highest BCUT2D eigenvalue weighted by molar-refractivity contribution is 6.05. The van der Waals surface area contributed by atoms with Crippen molar-refractivity contribution in [3.63, 3.8) is 0 Å². The second kappa shape index (κ2) is 8.32. The number of hydrogen-bond donors (Lipinski definition) is 1. The third-order valence-corrected chi connectivity index (χ3v) is 4.87. The van der Waals surface area contributed by atoms with Gasteiger partial charge in [0.05, 0.1) is 5.56 Å². The van der Waals surface area contributed by atoms with Gasteiger partial charge in [0.1, 0.15) is 0 Å². The smallest absolute Gasteiger partial charge is 0.322 e. The molecule has 0 atom stereocenters. The van der Waals surface area contributed by atoms with Crippen LogP contribution in [0.3, 0.4) is 0 Å². The summed E-state index contributed by atoms with van der Waals surface area (Å²) in [5.41, 5.74) is -0.134. The molecule has 3 rings (SSSR count). The van der Waals surface area contributed by atoms with Gasteiger partial charge in [-0.3, -0.25) is 14.4 Å². The van der Waals surface area contributed by atoms with Crippen molar-refractivity contribution in [3.05, 3.63) is 47.3 Å². The van der Waals surface area contributed by atoms with Crippen LogP contribution in [-0.2, 0) is 19.8 Å². The van der Waals surface area contributed by atoms with Gasteiger partial charge in [-0.15, -0.1) is 0 Å². The van der Waals surface area contributed by atoms with Crippen LogP contribution in [0, 0.1) is 0 Å². The largest absolute Gasteiger partial charge is 0.435 e. The number of piperazine rings is 1. The maximum atomic E-state index is 13.0. The molecule has 6 nitrogen and oxygen atoms in total. The number of aromatic nitrogens is 2. The molecule has 1 amide bonds. The first kappa shape index (κ1) is 20.3. The van der Waals surface area contributed by atoms with Crippen LogP contribution in [0.4, 0.5) is 18.9 Å². The quantitative estimate of drug-likeness (QED) is 0.846. The zero-order valence-electron chi connectivity index (χ0n) is 16.0. The molecule has 0 spiro atoms. The van der Waals surface area contributed by atoms with Gasteiger partial charge in [0, 0.05) is 51.7 Å². The number of rotatable bonds is 5. The van der Waals surface area contributed by atoms with Gasteiger partial charge in [-0.05, 0) is 24.2 Å². The molecule has 9 heteroatoms. The van der Waals surface area contributed by atoms with Crippen molar-refractivity contribution in [3.8, 4) is 0 Å². The van der Waals surface area contributed by atoms with E-state index in [1.54, 1.807) is 12.1 Å². The normalized spacial score (nSPS) is 16.3. The Morgan fingerprint density at radius 2 is 1.71 bits per heavy atom. The number of hydrogen-bond acceptors (Lipinski definition) is 4. The van der Waals surface area contributed by atoms with E-state index in [9.17, 15) is 18.0 Å². The van der Waals surface area contributed by atoms with E-state index in [0.29, 0.717) is 5.69 Å². The Labute approximate surface area is 161 Å². The van der Waals surface area contributed by atoms with E-state index in [2.05, 4.69) is 27.1 Å². The molecular formula is C19H24F3N5O. The molecule has 2 aromatic rings. The molecule has 0 bridgehead atoms. The number of nitrogens with zero attached hydrogens (tertiary/aromatic N) is 4. The average molecular weight is 395 g/mol. The summed E-state index contributed by atoms with van der Waals surface area (Å²) in [4.78, 5) is 17.1. The van der Waals surface area contributed by atoms with Gasteiger partial charge in [0.15, 0.2) is 5.69 Å². The van der Waals surface area contributed by atoms with Crippen LogP contribution in [0.15, 0.2) is 30.5 Å². The van der Waals surface area contributed by atoms with E-state index in [-0.39, 0.29) is 0 Å². The average Bonchev–Trinajstić information content (AvgIpc) is 3.06. The molecule has 28 heavy (non-hydrogen) atoms. The zero-order chi connectivity index (χ0) is 20.3. The fourth-order valence-electron chi connectivity index (χ4n) is 3.28. The Morgan fingerprint density at radius 3 is 2.29 bits per heavy atom. The Kier molecular flexibility index (Phi) is 6.04. The minimum absolute atomic E-state index is 0.446. The summed E-state index contributed by atoms with van der Waals surface area (Å²) in [6.45, 7) is 8.16. The van der Waals surface area contributed by atoms with Crippen molar-refractivity contribution in [1.29, 1.82) is 0 Å². The van der Waals surface area contributed by atoms with Crippen LogP contribution < -0.4 is 5.32 Å². The molecule has 0 unspecified atom stereocenters. The number of aryl methyl sites for hydroxylation is 1. The standard InChI is InChI=1S/C19H24F3N5O/c1-3-26-8-10-27(11-9-26)12-14-4-6-15(7-5-14)23-18(28)16-13-25(2)24-17(16)19(20,21)22/h4-7,13H,3,8-12H2,1-2H3,(H,23,28). The fourth-order valence-corrected chi connectivity index (χ4v) is 3.28. The van der Waals surface area contributed by atoms with E-state index in [4.69, 9.17) is 0 Å². The first-order chi connectivity index (χ1) is 13.3. The van der Waals surface area contributed by atoms with E-state index >= 15 is 0 Å². The van der Waals surface area contributed by atoms with Crippen LogP contribution in [0.2, 0.25) is 0 Å². The molecule has 1 aliphatic rings. The van der Waals surface area contributed by atoms with Crippen LogP contribution in [0.1, 0.15) is 28.5 Å². The molecule has 0 radical (unpaired) electrons. The number of anilines is 1. The molecule has 2 heterocycles. The molecule has 1 aromatic carbocycles. The molecule has 152 valence electrons. The molecule has 1 aliphatic heterocycles. The summed E-state index contributed by atoms with van der Waals surface area (Å²) in [5, 5.41) is 5.87. The number of alkyl halides is 3. The second-order valence-corrected chi connectivity index (χ2v) is 6.92. The highest BCUT2D eigenvalue weighted by Crippen LogP contribution is 2.31. The summed E-state index contributed by atoms with van der Waals surface area (Å²) in [6.07, 6.45) is -3.61. The third kappa shape index (κ3) is 4.90. The SMILES string of the molecule is CCN1CCN(Cc2ccc(NC(=O)c3cn(C)nc3C(F)(F)F)cc2)CC1. The lowest BCUT2D eigenvalue weighted by atomic mass is 10.1. The van der Waals surface area contributed by atoms with E-state index < -0.39 is 23.3 Å². The molecule has 0 aliphatic carbocycles. The predicted molar refractivity (Wildman–Crippen MR) is 100.0 cm³/mol. The van der Waals surface area contributed by atoms with Gasteiger partial charge in [-0.2, -0.15) is 18.3 Å². The van der Waals surface area contributed by atoms with E-state index in [1.165, 1.54) is 7.05 Å². The predicted octanol–water partition coefficient (Wildman–Crippen LogP) is 2.83. The number of benzene rings is 1. The van der Waals surface area contributed by atoms with Crippen molar-refractivity contribution >= 4 is 11.6 Å². The molecule has 0 saturated carbocycles. The number of amides is 1. The summed E-state index contributed by atoms with van der Waals surface area (Å²) in [6, 6.07) is 7.18. The maximum absolute atomic E-state index is 13.0. The number of carbonyl (C=O) groups excluding carboxylic acids is 1. The summed E-state index contributed by atoms with van der Waals surface area (Å²) < 4.78 is 40.0. The third-order valence-electron chi connectivity index (χ3n) is 4.87. The Hall–Kier alpha value is -2.39. The minimum Gasteiger partial charge on any atom is -0.322 e. The lowest BCUT2D eigenvalue weighted by Crippen LogP contribution is -2.45. The number of nitrogens with one attached hydrogen (secondary N) is 1. The summed E-state index contributed by atoms with van der Waals surface area (Å²) >= 11 is 0. The Bertz CT molecular complexity index is 808.